The van der Waals surface area contributed by atoms with Gasteiger partial charge in [0.05, 0.1) is 22.9 Å². The van der Waals surface area contributed by atoms with Gasteiger partial charge in [0.1, 0.15) is 5.75 Å². The van der Waals surface area contributed by atoms with E-state index in [4.69, 9.17) is 16.3 Å². The Balaban J connectivity index is 1.95. The summed E-state index contributed by atoms with van der Waals surface area (Å²) in [6.07, 6.45) is 0. The number of anilines is 1. The first kappa shape index (κ1) is 20.1. The monoisotopic (exact) mass is 392 g/mol. The lowest BCUT2D eigenvalue weighted by molar-refractivity contribution is -0.113. The molecular weight excluding hydrogens is 372 g/mol. The summed E-state index contributed by atoms with van der Waals surface area (Å²) in [7, 11) is 3.30. The fourth-order valence-corrected chi connectivity index (χ4v) is 3.05. The highest BCUT2D eigenvalue weighted by Gasteiger charge is 2.14. The van der Waals surface area contributed by atoms with Crippen LogP contribution in [-0.4, -0.2) is 43.2 Å². The van der Waals surface area contributed by atoms with Gasteiger partial charge in [0, 0.05) is 24.7 Å². The molecule has 0 radical (unpaired) electrons. The first-order valence-corrected chi connectivity index (χ1v) is 9.43. The van der Waals surface area contributed by atoms with Crippen LogP contribution in [0.2, 0.25) is 5.02 Å². The molecule has 0 aliphatic heterocycles. The predicted octanol–water partition coefficient (Wildman–Crippen LogP) is 4.17. The van der Waals surface area contributed by atoms with Crippen molar-refractivity contribution in [2.75, 3.05) is 31.8 Å². The van der Waals surface area contributed by atoms with E-state index in [0.717, 1.165) is 10.6 Å². The number of rotatable bonds is 7. The standard InChI is InChI=1S/C19H21ClN2O3S/c1-4-25-14-6-8-15(9-7-14)26-12-18(23)21-13-5-10-17(20)16(11-13)19(24)22(2)3/h5-11H,4,12H2,1-3H3,(H,21,23). The minimum absolute atomic E-state index is 0.158. The minimum atomic E-state index is -0.213. The number of nitrogens with one attached hydrogen (secondary N) is 1. The van der Waals surface area contributed by atoms with Gasteiger partial charge in [-0.2, -0.15) is 0 Å². The molecule has 0 atom stereocenters. The van der Waals surface area contributed by atoms with E-state index in [-0.39, 0.29) is 17.6 Å². The second kappa shape index (κ2) is 9.50. The quantitative estimate of drug-likeness (QED) is 0.718. The average Bonchev–Trinajstić information content (AvgIpc) is 2.62. The zero-order valence-electron chi connectivity index (χ0n) is 14.9. The van der Waals surface area contributed by atoms with Gasteiger partial charge in [-0.25, -0.2) is 0 Å². The Morgan fingerprint density at radius 3 is 2.46 bits per heavy atom. The van der Waals surface area contributed by atoms with E-state index in [1.807, 2.05) is 31.2 Å². The summed E-state index contributed by atoms with van der Waals surface area (Å²) in [6.45, 7) is 2.55. The number of ether oxygens (including phenoxy) is 1. The highest BCUT2D eigenvalue weighted by Crippen LogP contribution is 2.24. The molecule has 0 spiro atoms. The predicted molar refractivity (Wildman–Crippen MR) is 106 cm³/mol. The number of carbonyl (C=O) groups excluding carboxylic acids is 2. The van der Waals surface area contributed by atoms with Gasteiger partial charge in [0.2, 0.25) is 5.91 Å². The Bertz CT molecular complexity index is 779. The second-order valence-corrected chi connectivity index (χ2v) is 7.09. The fraction of sp³-hybridized carbons (Fsp3) is 0.263. The Morgan fingerprint density at radius 2 is 1.85 bits per heavy atom. The zero-order chi connectivity index (χ0) is 19.1. The van der Waals surface area contributed by atoms with Crippen LogP contribution in [0.1, 0.15) is 17.3 Å². The van der Waals surface area contributed by atoms with Gasteiger partial charge in [0.15, 0.2) is 0 Å². The molecule has 2 amide bonds. The van der Waals surface area contributed by atoms with Crippen molar-refractivity contribution in [1.82, 2.24) is 4.90 Å². The number of carbonyl (C=O) groups is 2. The van der Waals surface area contributed by atoms with Gasteiger partial charge in [-0.15, -0.1) is 11.8 Å². The minimum Gasteiger partial charge on any atom is -0.494 e. The molecule has 0 aliphatic rings. The molecule has 0 aliphatic carbocycles. The number of hydrogen-bond acceptors (Lipinski definition) is 4. The van der Waals surface area contributed by atoms with Crippen molar-refractivity contribution in [3.8, 4) is 5.75 Å². The SMILES string of the molecule is CCOc1ccc(SCC(=O)Nc2ccc(Cl)c(C(=O)N(C)C)c2)cc1. The number of amides is 2. The topological polar surface area (TPSA) is 58.6 Å². The third-order valence-corrected chi connectivity index (χ3v) is 4.73. The smallest absolute Gasteiger partial charge is 0.254 e. The molecular formula is C19H21ClN2O3S. The summed E-state index contributed by atoms with van der Waals surface area (Å²) in [5, 5.41) is 3.14. The van der Waals surface area contributed by atoms with Crippen molar-refractivity contribution < 1.29 is 14.3 Å². The average molecular weight is 393 g/mol. The summed E-state index contributed by atoms with van der Waals surface area (Å²) in [6, 6.07) is 12.5. The summed E-state index contributed by atoms with van der Waals surface area (Å²) in [5.41, 5.74) is 0.894. The first-order chi connectivity index (χ1) is 12.4. The molecule has 2 rings (SSSR count). The molecule has 0 fully saturated rings. The van der Waals surface area contributed by atoms with Crippen LogP contribution in [0.15, 0.2) is 47.4 Å². The number of hydrogen-bond donors (Lipinski definition) is 1. The normalized spacial score (nSPS) is 10.3. The largest absolute Gasteiger partial charge is 0.494 e. The van der Waals surface area contributed by atoms with Crippen LogP contribution in [0.25, 0.3) is 0 Å². The molecule has 2 aromatic rings. The molecule has 1 N–H and O–H groups in total. The summed E-state index contributed by atoms with van der Waals surface area (Å²) < 4.78 is 5.39. The molecule has 5 nitrogen and oxygen atoms in total. The Labute approximate surface area is 162 Å². The van der Waals surface area contributed by atoms with Gasteiger partial charge >= 0.3 is 0 Å². The lowest BCUT2D eigenvalue weighted by atomic mass is 10.1. The molecule has 138 valence electrons. The van der Waals surface area contributed by atoms with Crippen molar-refractivity contribution >= 4 is 40.9 Å². The van der Waals surface area contributed by atoms with Gasteiger partial charge in [-0.05, 0) is 49.4 Å². The van der Waals surface area contributed by atoms with Gasteiger partial charge in [-0.3, -0.25) is 9.59 Å². The van der Waals surface area contributed by atoms with Crippen LogP contribution in [0.3, 0.4) is 0 Å². The molecule has 0 bridgehead atoms. The van der Waals surface area contributed by atoms with E-state index < -0.39 is 0 Å². The Kier molecular flexibility index (Phi) is 7.36. The summed E-state index contributed by atoms with van der Waals surface area (Å²) in [4.78, 5) is 26.7. The molecule has 2 aromatic carbocycles. The maximum Gasteiger partial charge on any atom is 0.254 e. The fourth-order valence-electron chi connectivity index (χ4n) is 2.15. The maximum absolute atomic E-state index is 12.2. The van der Waals surface area contributed by atoms with E-state index in [1.54, 1.807) is 32.3 Å². The maximum atomic E-state index is 12.2. The van der Waals surface area contributed by atoms with E-state index in [2.05, 4.69) is 5.32 Å². The third-order valence-electron chi connectivity index (χ3n) is 3.39. The Hall–Kier alpha value is -2.18. The lowest BCUT2D eigenvalue weighted by Crippen LogP contribution is -2.22. The van der Waals surface area contributed by atoms with Crippen molar-refractivity contribution in [3.05, 3.63) is 53.1 Å². The van der Waals surface area contributed by atoms with Gasteiger partial charge < -0.3 is 15.0 Å². The highest BCUT2D eigenvalue weighted by atomic mass is 35.5. The van der Waals surface area contributed by atoms with E-state index >= 15 is 0 Å². The number of thioether (sulfide) groups is 1. The molecule has 0 aromatic heterocycles. The van der Waals surface area contributed by atoms with E-state index in [1.165, 1.54) is 16.7 Å². The van der Waals surface area contributed by atoms with Crippen LogP contribution >= 0.6 is 23.4 Å². The van der Waals surface area contributed by atoms with Crippen LogP contribution in [-0.2, 0) is 4.79 Å². The third kappa shape index (κ3) is 5.68. The van der Waals surface area contributed by atoms with E-state index in [0.29, 0.717) is 22.9 Å². The van der Waals surface area contributed by atoms with Crippen LogP contribution in [0.4, 0.5) is 5.69 Å². The summed E-state index contributed by atoms with van der Waals surface area (Å²) >= 11 is 7.50. The molecule has 7 heteroatoms. The molecule has 0 unspecified atom stereocenters. The van der Waals surface area contributed by atoms with Crippen molar-refractivity contribution in [3.63, 3.8) is 0 Å². The second-order valence-electron chi connectivity index (χ2n) is 5.64. The molecule has 0 saturated heterocycles. The van der Waals surface area contributed by atoms with Gasteiger partial charge in [0.25, 0.3) is 5.91 Å². The highest BCUT2D eigenvalue weighted by molar-refractivity contribution is 8.00. The van der Waals surface area contributed by atoms with Crippen molar-refractivity contribution in [2.24, 2.45) is 0 Å². The Morgan fingerprint density at radius 1 is 1.15 bits per heavy atom. The molecule has 0 saturated carbocycles. The van der Waals surface area contributed by atoms with Crippen molar-refractivity contribution in [2.45, 2.75) is 11.8 Å². The van der Waals surface area contributed by atoms with Crippen LogP contribution < -0.4 is 10.1 Å². The van der Waals surface area contributed by atoms with Crippen molar-refractivity contribution in [1.29, 1.82) is 0 Å². The van der Waals surface area contributed by atoms with Crippen LogP contribution in [0, 0.1) is 0 Å². The zero-order valence-corrected chi connectivity index (χ0v) is 16.5. The lowest BCUT2D eigenvalue weighted by Gasteiger charge is -2.13. The van der Waals surface area contributed by atoms with Gasteiger partial charge in [-0.1, -0.05) is 11.6 Å². The summed E-state index contributed by atoms with van der Waals surface area (Å²) in [5.74, 6) is 0.693. The molecule has 26 heavy (non-hydrogen) atoms. The number of halogens is 1. The van der Waals surface area contributed by atoms with Crippen LogP contribution in [0.5, 0.6) is 5.75 Å². The molecule has 0 heterocycles. The number of benzene rings is 2. The van der Waals surface area contributed by atoms with E-state index in [9.17, 15) is 9.59 Å². The number of nitrogens with zero attached hydrogens (tertiary/aromatic N) is 1. The first-order valence-electron chi connectivity index (χ1n) is 8.07.